The molecule has 1 atom stereocenters. The number of hydrogen-bond donors (Lipinski definition) is 2. The maximum atomic E-state index is 5.83. The summed E-state index contributed by atoms with van der Waals surface area (Å²) >= 11 is 1.41. The van der Waals surface area contributed by atoms with Crippen LogP contribution in [0.25, 0.3) is 0 Å². The summed E-state index contributed by atoms with van der Waals surface area (Å²) in [7, 11) is 0. The van der Waals surface area contributed by atoms with E-state index >= 15 is 0 Å². The number of nitrogens with zero attached hydrogens (tertiary/aromatic N) is 2. The first-order chi connectivity index (χ1) is 9.34. The van der Waals surface area contributed by atoms with Crippen molar-refractivity contribution in [3.05, 3.63) is 45.5 Å². The Hall–Kier alpha value is -1.30. The summed E-state index contributed by atoms with van der Waals surface area (Å²) in [5, 5.41) is 4.31. The number of nitrogens with one attached hydrogen (secondary N) is 1. The highest BCUT2D eigenvalue weighted by molar-refractivity contribution is 7.05. The van der Waals surface area contributed by atoms with Gasteiger partial charge in [0.1, 0.15) is 0 Å². The van der Waals surface area contributed by atoms with Gasteiger partial charge in [0.2, 0.25) is 0 Å². The molecule has 1 heterocycles. The lowest BCUT2D eigenvalue weighted by Gasteiger charge is -2.23. The summed E-state index contributed by atoms with van der Waals surface area (Å²) in [5.41, 5.74) is 7.51. The van der Waals surface area contributed by atoms with Crippen LogP contribution in [0.1, 0.15) is 54.1 Å². The third-order valence-corrected chi connectivity index (χ3v) is 4.19. The highest BCUT2D eigenvalue weighted by atomic mass is 32.1. The van der Waals surface area contributed by atoms with Crippen LogP contribution in [0.15, 0.2) is 18.2 Å². The molecule has 20 heavy (non-hydrogen) atoms. The van der Waals surface area contributed by atoms with E-state index in [1.165, 1.54) is 28.2 Å². The topological polar surface area (TPSA) is 63.8 Å². The van der Waals surface area contributed by atoms with E-state index in [0.717, 1.165) is 10.6 Å². The van der Waals surface area contributed by atoms with Crippen LogP contribution in [0.3, 0.4) is 0 Å². The predicted molar refractivity (Wildman–Crippen MR) is 83.7 cm³/mol. The minimum absolute atomic E-state index is 0.0465. The Kier molecular flexibility index (Phi) is 4.22. The van der Waals surface area contributed by atoms with E-state index in [1.807, 2.05) is 0 Å². The molecule has 5 heteroatoms. The van der Waals surface area contributed by atoms with Crippen LogP contribution in [0.5, 0.6) is 0 Å². The maximum Gasteiger partial charge on any atom is 0.0861 e. The number of hydrogen-bond acceptors (Lipinski definition) is 5. The Morgan fingerprint density at radius 3 is 2.55 bits per heavy atom. The van der Waals surface area contributed by atoms with Crippen LogP contribution in [-0.4, -0.2) is 9.59 Å². The van der Waals surface area contributed by atoms with Gasteiger partial charge in [-0.15, -0.1) is 5.10 Å². The summed E-state index contributed by atoms with van der Waals surface area (Å²) in [6.45, 7) is 10.6. The Labute approximate surface area is 124 Å². The van der Waals surface area contributed by atoms with Crippen LogP contribution in [0, 0.1) is 13.8 Å². The standard InChI is InChI=1S/C15H22N4S/c1-9-6-7-10(2)11(8-9)12(17-16)13-14(15(3,4)5)18-19-20-13/h6-8,12,17H,16H2,1-5H3. The first-order valence-electron chi connectivity index (χ1n) is 6.70. The maximum absolute atomic E-state index is 5.83. The van der Waals surface area contributed by atoms with Gasteiger partial charge in [-0.1, -0.05) is 49.0 Å². The second-order valence-electron chi connectivity index (χ2n) is 6.20. The van der Waals surface area contributed by atoms with E-state index in [1.54, 1.807) is 0 Å². The molecule has 0 bridgehead atoms. The van der Waals surface area contributed by atoms with Crippen molar-refractivity contribution in [2.24, 2.45) is 5.84 Å². The Balaban J connectivity index is 2.54. The molecule has 0 aliphatic carbocycles. The van der Waals surface area contributed by atoms with E-state index in [4.69, 9.17) is 5.84 Å². The number of nitrogens with two attached hydrogens (primary N) is 1. The first-order valence-corrected chi connectivity index (χ1v) is 7.48. The van der Waals surface area contributed by atoms with Crippen molar-refractivity contribution in [1.82, 2.24) is 15.0 Å². The quantitative estimate of drug-likeness (QED) is 0.674. The lowest BCUT2D eigenvalue weighted by atomic mass is 9.88. The van der Waals surface area contributed by atoms with Crippen LogP contribution in [0.2, 0.25) is 0 Å². The van der Waals surface area contributed by atoms with Crippen molar-refractivity contribution in [2.45, 2.75) is 46.1 Å². The van der Waals surface area contributed by atoms with Gasteiger partial charge in [0, 0.05) is 5.41 Å². The molecule has 0 saturated carbocycles. The molecule has 1 aromatic heterocycles. The van der Waals surface area contributed by atoms with Gasteiger partial charge < -0.3 is 0 Å². The van der Waals surface area contributed by atoms with E-state index in [-0.39, 0.29) is 11.5 Å². The van der Waals surface area contributed by atoms with Gasteiger partial charge in [0.05, 0.1) is 16.6 Å². The molecule has 0 fully saturated rings. The van der Waals surface area contributed by atoms with Crippen molar-refractivity contribution < 1.29 is 0 Å². The van der Waals surface area contributed by atoms with Crippen LogP contribution >= 0.6 is 11.5 Å². The monoisotopic (exact) mass is 290 g/mol. The highest BCUT2D eigenvalue weighted by Crippen LogP contribution is 2.34. The van der Waals surface area contributed by atoms with E-state index in [9.17, 15) is 0 Å². The summed E-state index contributed by atoms with van der Waals surface area (Å²) in [6.07, 6.45) is 0. The molecule has 0 saturated heterocycles. The molecular weight excluding hydrogens is 268 g/mol. The fourth-order valence-electron chi connectivity index (χ4n) is 2.28. The molecule has 0 amide bonds. The van der Waals surface area contributed by atoms with E-state index in [2.05, 4.69) is 67.8 Å². The van der Waals surface area contributed by atoms with Gasteiger partial charge in [-0.3, -0.25) is 5.84 Å². The molecular formula is C15H22N4S. The van der Waals surface area contributed by atoms with E-state index in [0.29, 0.717) is 0 Å². The smallest absolute Gasteiger partial charge is 0.0861 e. The van der Waals surface area contributed by atoms with Crippen molar-refractivity contribution in [2.75, 3.05) is 0 Å². The molecule has 0 spiro atoms. The summed E-state index contributed by atoms with van der Waals surface area (Å²) < 4.78 is 4.13. The number of benzene rings is 1. The molecule has 108 valence electrons. The first kappa shape index (κ1) is 15.1. The number of aromatic nitrogens is 2. The second-order valence-corrected chi connectivity index (χ2v) is 6.98. The minimum atomic E-state index is -0.0656. The Morgan fingerprint density at radius 2 is 1.95 bits per heavy atom. The van der Waals surface area contributed by atoms with Crippen LogP contribution in [0.4, 0.5) is 0 Å². The van der Waals surface area contributed by atoms with Gasteiger partial charge >= 0.3 is 0 Å². The van der Waals surface area contributed by atoms with Crippen LogP contribution < -0.4 is 11.3 Å². The number of rotatable bonds is 3. The lowest BCUT2D eigenvalue weighted by molar-refractivity contribution is 0.543. The Bertz CT molecular complexity index is 598. The molecule has 3 N–H and O–H groups in total. The van der Waals surface area contributed by atoms with Crippen LogP contribution in [-0.2, 0) is 5.41 Å². The molecule has 4 nitrogen and oxygen atoms in total. The Morgan fingerprint density at radius 1 is 1.25 bits per heavy atom. The van der Waals surface area contributed by atoms with Crippen molar-refractivity contribution in [3.8, 4) is 0 Å². The zero-order valence-electron chi connectivity index (χ0n) is 12.7. The summed E-state index contributed by atoms with van der Waals surface area (Å²) in [4.78, 5) is 1.09. The molecule has 2 aromatic rings. The summed E-state index contributed by atoms with van der Waals surface area (Å²) in [6, 6.07) is 6.35. The van der Waals surface area contributed by atoms with Gasteiger partial charge in [-0.25, -0.2) is 5.43 Å². The third-order valence-electron chi connectivity index (χ3n) is 3.40. The predicted octanol–water partition coefficient (Wildman–Crippen LogP) is 3.01. The average Bonchev–Trinajstić information content (AvgIpc) is 2.83. The zero-order valence-corrected chi connectivity index (χ0v) is 13.5. The normalized spacial score (nSPS) is 13.5. The minimum Gasteiger partial charge on any atom is -0.271 e. The zero-order chi connectivity index (χ0) is 14.9. The van der Waals surface area contributed by atoms with Gasteiger partial charge in [-0.2, -0.15) is 0 Å². The molecule has 1 aromatic carbocycles. The molecule has 0 aliphatic rings. The highest BCUT2D eigenvalue weighted by Gasteiger charge is 2.28. The SMILES string of the molecule is Cc1ccc(C)c(C(NN)c2snnc2C(C)(C)C)c1. The largest absolute Gasteiger partial charge is 0.271 e. The van der Waals surface area contributed by atoms with Crippen molar-refractivity contribution in [1.29, 1.82) is 0 Å². The summed E-state index contributed by atoms with van der Waals surface area (Å²) in [5.74, 6) is 5.83. The molecule has 2 rings (SSSR count). The number of aryl methyl sites for hydroxylation is 2. The van der Waals surface area contributed by atoms with Crippen molar-refractivity contribution in [3.63, 3.8) is 0 Å². The third kappa shape index (κ3) is 2.90. The van der Waals surface area contributed by atoms with E-state index < -0.39 is 0 Å². The fraction of sp³-hybridized carbons (Fsp3) is 0.467. The average molecular weight is 290 g/mol. The number of hydrazine groups is 1. The van der Waals surface area contributed by atoms with Crippen molar-refractivity contribution >= 4 is 11.5 Å². The molecule has 0 radical (unpaired) electrons. The van der Waals surface area contributed by atoms with Gasteiger partial charge in [0.15, 0.2) is 0 Å². The lowest BCUT2D eigenvalue weighted by Crippen LogP contribution is -2.31. The second kappa shape index (κ2) is 5.60. The van der Waals surface area contributed by atoms with Gasteiger partial charge in [0.25, 0.3) is 0 Å². The molecule has 0 aliphatic heterocycles. The molecule has 1 unspecified atom stereocenters. The fourth-order valence-corrected chi connectivity index (χ4v) is 3.23. The van der Waals surface area contributed by atoms with Gasteiger partial charge in [-0.05, 0) is 36.5 Å².